The third-order valence-electron chi connectivity index (χ3n) is 8.78. The number of nitrogens with zero attached hydrogens (tertiary/aromatic N) is 2. The lowest BCUT2D eigenvalue weighted by Crippen LogP contribution is -2.26. The van der Waals surface area contributed by atoms with Crippen LogP contribution >= 0.6 is 0 Å². The molecule has 0 bridgehead atoms. The number of hydrogen-bond donors (Lipinski definition) is 1. The van der Waals surface area contributed by atoms with Crippen LogP contribution < -0.4 is 10.1 Å². The van der Waals surface area contributed by atoms with Gasteiger partial charge in [0.2, 0.25) is 0 Å². The summed E-state index contributed by atoms with van der Waals surface area (Å²) in [6, 6.07) is 28.5. The molecule has 5 aromatic rings. The number of aryl methyl sites for hydroxylation is 1. The number of rotatable bonds is 3. The average Bonchev–Trinajstić information content (AvgIpc) is 3.53. The number of hydrogen-bond acceptors (Lipinski definition) is 3. The van der Waals surface area contributed by atoms with Gasteiger partial charge < -0.3 is 14.6 Å². The highest BCUT2D eigenvalue weighted by Gasteiger charge is 2.40. The van der Waals surface area contributed by atoms with Crippen LogP contribution in [0.3, 0.4) is 0 Å². The van der Waals surface area contributed by atoms with Gasteiger partial charge in [0.15, 0.2) is 0 Å². The number of fused-ring (bicyclic) bond motifs is 7. The van der Waals surface area contributed by atoms with Crippen molar-refractivity contribution in [1.82, 2.24) is 14.9 Å². The molecular weight excluding hydrogens is 490 g/mol. The molecule has 2 aliphatic heterocycles. The third kappa shape index (κ3) is 3.53. The van der Waals surface area contributed by atoms with E-state index in [1.807, 2.05) is 12.3 Å². The van der Waals surface area contributed by atoms with Gasteiger partial charge in [0.25, 0.3) is 0 Å². The summed E-state index contributed by atoms with van der Waals surface area (Å²) in [5.74, 6) is 1.18. The normalized spacial score (nSPS) is 20.9. The van der Waals surface area contributed by atoms with E-state index in [4.69, 9.17) is 9.72 Å². The van der Waals surface area contributed by atoms with Gasteiger partial charge in [-0.15, -0.1) is 0 Å². The summed E-state index contributed by atoms with van der Waals surface area (Å²) in [4.78, 5) is 4.83. The summed E-state index contributed by atoms with van der Waals surface area (Å²) in [5.41, 5.74) is 12.0. The van der Waals surface area contributed by atoms with Crippen molar-refractivity contribution in [3.8, 4) is 22.7 Å². The van der Waals surface area contributed by atoms with Crippen LogP contribution in [-0.2, 0) is 0 Å². The van der Waals surface area contributed by atoms with E-state index in [1.54, 1.807) is 0 Å². The lowest BCUT2D eigenvalue weighted by atomic mass is 9.87. The molecule has 3 aliphatic rings. The maximum absolute atomic E-state index is 6.72. The summed E-state index contributed by atoms with van der Waals surface area (Å²) >= 11 is 0. The topological polar surface area (TPSA) is 39.1 Å². The van der Waals surface area contributed by atoms with Crippen LogP contribution in [0, 0.1) is 6.92 Å². The largest absolute Gasteiger partial charge is 0.483 e. The van der Waals surface area contributed by atoms with Crippen molar-refractivity contribution >= 4 is 17.0 Å². The summed E-state index contributed by atoms with van der Waals surface area (Å²) in [6.07, 6.45) is 9.88. The van der Waals surface area contributed by atoms with Crippen LogP contribution in [0.5, 0.6) is 5.75 Å². The fourth-order valence-corrected chi connectivity index (χ4v) is 6.93. The standard InChI is InChI=1S/C36H31N3O/c1-22-9-7-17-37-33(22)24-19-25(34-23(2)10-8-18-38-34)21-26(20-24)39-31-13-5-3-11-27(31)29-15-16-30-28-12-4-6-14-32(28)40-36(30)35(29)39/h3-7,9-17,19-21,30,34,36,38H,8,18H2,1-2H3. The highest BCUT2D eigenvalue weighted by atomic mass is 16.5. The predicted molar refractivity (Wildman–Crippen MR) is 162 cm³/mol. The molecule has 0 saturated carbocycles. The molecule has 3 atom stereocenters. The van der Waals surface area contributed by atoms with Crippen LogP contribution in [0.1, 0.15) is 59.4 Å². The summed E-state index contributed by atoms with van der Waals surface area (Å²) in [5, 5.41) is 5.02. The van der Waals surface area contributed by atoms with E-state index in [-0.39, 0.29) is 18.1 Å². The van der Waals surface area contributed by atoms with E-state index in [2.05, 4.69) is 115 Å². The highest BCUT2D eigenvalue weighted by molar-refractivity contribution is 5.94. The van der Waals surface area contributed by atoms with Crippen molar-refractivity contribution in [2.24, 2.45) is 0 Å². The van der Waals surface area contributed by atoms with E-state index in [1.165, 1.54) is 44.4 Å². The quantitative estimate of drug-likeness (QED) is 0.243. The first kappa shape index (κ1) is 23.5. The molecule has 196 valence electrons. The number of pyridine rings is 1. The molecule has 4 heteroatoms. The molecule has 4 nitrogen and oxygen atoms in total. The molecule has 8 rings (SSSR count). The number of ether oxygens (including phenoxy) is 1. The van der Waals surface area contributed by atoms with Crippen molar-refractivity contribution in [3.05, 3.63) is 131 Å². The zero-order chi connectivity index (χ0) is 26.8. The molecule has 3 aromatic carbocycles. The van der Waals surface area contributed by atoms with Gasteiger partial charge in [0, 0.05) is 39.9 Å². The minimum Gasteiger partial charge on any atom is -0.483 e. The molecule has 4 heterocycles. The first-order valence-corrected chi connectivity index (χ1v) is 14.2. The lowest BCUT2D eigenvalue weighted by Gasteiger charge is -2.27. The maximum atomic E-state index is 6.72. The van der Waals surface area contributed by atoms with Crippen molar-refractivity contribution in [1.29, 1.82) is 0 Å². The Labute approximate surface area is 234 Å². The van der Waals surface area contributed by atoms with Gasteiger partial charge in [-0.3, -0.25) is 4.98 Å². The smallest absolute Gasteiger partial charge is 0.150 e. The van der Waals surface area contributed by atoms with Crippen LogP contribution in [0.2, 0.25) is 0 Å². The van der Waals surface area contributed by atoms with Crippen molar-refractivity contribution in [2.45, 2.75) is 38.3 Å². The van der Waals surface area contributed by atoms with Crippen LogP contribution in [0.4, 0.5) is 0 Å². The Morgan fingerprint density at radius 3 is 2.73 bits per heavy atom. The molecule has 0 radical (unpaired) electrons. The summed E-state index contributed by atoms with van der Waals surface area (Å²) in [7, 11) is 0. The first-order valence-electron chi connectivity index (χ1n) is 14.2. The molecule has 0 fully saturated rings. The molecule has 1 aliphatic carbocycles. The van der Waals surface area contributed by atoms with Gasteiger partial charge in [0.05, 0.1) is 22.9 Å². The minimum absolute atomic E-state index is 0.0806. The van der Waals surface area contributed by atoms with E-state index in [0.29, 0.717) is 0 Å². The van der Waals surface area contributed by atoms with Gasteiger partial charge in [-0.05, 0) is 74.3 Å². The SMILES string of the molecule is CC1=CCCNC1c1cc(-c2ncccc2C)cc(-n2c3c(c4ccccc42)C=CC2c4ccccc4OC32)c1. The lowest BCUT2D eigenvalue weighted by molar-refractivity contribution is 0.216. The fraction of sp³-hybridized carbons (Fsp3) is 0.194. The van der Waals surface area contributed by atoms with E-state index >= 15 is 0 Å². The first-order chi connectivity index (χ1) is 19.7. The van der Waals surface area contributed by atoms with Crippen molar-refractivity contribution < 1.29 is 4.74 Å². The maximum Gasteiger partial charge on any atom is 0.150 e. The second-order valence-electron chi connectivity index (χ2n) is 11.2. The Bertz CT molecular complexity index is 1860. The van der Waals surface area contributed by atoms with Gasteiger partial charge in [-0.2, -0.15) is 0 Å². The Balaban J connectivity index is 1.40. The number of aromatic nitrogens is 2. The van der Waals surface area contributed by atoms with E-state index in [0.717, 1.165) is 35.7 Å². The molecule has 0 spiro atoms. The van der Waals surface area contributed by atoms with Gasteiger partial charge in [0.1, 0.15) is 11.9 Å². The van der Waals surface area contributed by atoms with Gasteiger partial charge in [-0.1, -0.05) is 66.3 Å². The number of benzene rings is 3. The molecule has 1 N–H and O–H groups in total. The minimum atomic E-state index is -0.0806. The van der Waals surface area contributed by atoms with Crippen molar-refractivity contribution in [3.63, 3.8) is 0 Å². The van der Waals surface area contributed by atoms with Gasteiger partial charge in [-0.25, -0.2) is 0 Å². The van der Waals surface area contributed by atoms with Crippen LogP contribution in [-0.4, -0.2) is 16.1 Å². The zero-order valence-corrected chi connectivity index (χ0v) is 22.8. The zero-order valence-electron chi connectivity index (χ0n) is 22.8. The molecule has 0 amide bonds. The van der Waals surface area contributed by atoms with Crippen molar-refractivity contribution in [2.75, 3.05) is 6.54 Å². The van der Waals surface area contributed by atoms with Crippen LogP contribution in [0.15, 0.2) is 103 Å². The van der Waals surface area contributed by atoms with Crippen LogP contribution in [0.25, 0.3) is 33.9 Å². The Morgan fingerprint density at radius 2 is 1.82 bits per heavy atom. The Kier molecular flexibility index (Phi) is 5.32. The monoisotopic (exact) mass is 521 g/mol. The predicted octanol–water partition coefficient (Wildman–Crippen LogP) is 8.23. The molecule has 2 aromatic heterocycles. The average molecular weight is 522 g/mol. The number of para-hydroxylation sites is 2. The summed E-state index contributed by atoms with van der Waals surface area (Å²) in [6.45, 7) is 5.36. The summed E-state index contributed by atoms with van der Waals surface area (Å²) < 4.78 is 9.17. The molecular formula is C36H31N3O. The molecule has 3 unspecified atom stereocenters. The Hall–Kier alpha value is -4.41. The molecule has 0 saturated heterocycles. The van der Waals surface area contributed by atoms with E-state index < -0.39 is 0 Å². The highest BCUT2D eigenvalue weighted by Crippen LogP contribution is 2.52. The second-order valence-corrected chi connectivity index (χ2v) is 11.2. The van der Waals surface area contributed by atoms with E-state index in [9.17, 15) is 0 Å². The second kappa shape index (κ2) is 9.07. The third-order valence-corrected chi connectivity index (χ3v) is 8.78. The number of nitrogens with one attached hydrogen (secondary N) is 1. The van der Waals surface area contributed by atoms with Gasteiger partial charge >= 0.3 is 0 Å². The Morgan fingerprint density at radius 1 is 0.950 bits per heavy atom. The fourth-order valence-electron chi connectivity index (χ4n) is 6.93. The molecule has 40 heavy (non-hydrogen) atoms.